The summed E-state index contributed by atoms with van der Waals surface area (Å²) in [5.41, 5.74) is 0. The smallest absolute Gasteiger partial charge is 0.0154 e. The third kappa shape index (κ3) is 11.9. The van der Waals surface area contributed by atoms with Gasteiger partial charge in [0.25, 0.3) is 0 Å². The van der Waals surface area contributed by atoms with Crippen LogP contribution in [0.1, 0.15) is 20.3 Å². The first-order valence-corrected chi connectivity index (χ1v) is 7.18. The predicted octanol–water partition coefficient (Wildman–Crippen LogP) is 4.51. The summed E-state index contributed by atoms with van der Waals surface area (Å²) in [5.74, 6) is 3.47. The SMILES string of the molecule is CC=CCS/C=C\CCSCC=CC. The van der Waals surface area contributed by atoms with Gasteiger partial charge in [0.1, 0.15) is 0 Å². The third-order valence-corrected chi connectivity index (χ3v) is 3.22. The molecule has 0 rings (SSSR count). The van der Waals surface area contributed by atoms with E-state index < -0.39 is 0 Å². The maximum Gasteiger partial charge on any atom is 0.0154 e. The van der Waals surface area contributed by atoms with E-state index in [1.807, 2.05) is 23.5 Å². The Morgan fingerprint density at radius 3 is 2.36 bits per heavy atom. The molecule has 0 atom stereocenters. The average molecular weight is 228 g/mol. The zero-order valence-corrected chi connectivity index (χ0v) is 10.7. The lowest BCUT2D eigenvalue weighted by Crippen LogP contribution is -1.76. The van der Waals surface area contributed by atoms with E-state index in [1.54, 1.807) is 0 Å². The Balaban J connectivity index is 3.10. The minimum Gasteiger partial charge on any atom is -0.158 e. The van der Waals surface area contributed by atoms with Crippen LogP contribution in [0.2, 0.25) is 0 Å². The van der Waals surface area contributed by atoms with E-state index in [2.05, 4.69) is 49.6 Å². The Kier molecular flexibility index (Phi) is 12.8. The molecular weight excluding hydrogens is 208 g/mol. The molecule has 0 N–H and O–H groups in total. The van der Waals surface area contributed by atoms with Gasteiger partial charge in [0.2, 0.25) is 0 Å². The number of allylic oxidation sites excluding steroid dienone is 3. The van der Waals surface area contributed by atoms with Gasteiger partial charge in [-0.3, -0.25) is 0 Å². The van der Waals surface area contributed by atoms with Gasteiger partial charge in [-0.15, -0.1) is 11.8 Å². The van der Waals surface area contributed by atoms with Crippen molar-refractivity contribution in [3.05, 3.63) is 35.8 Å². The first-order valence-electron chi connectivity index (χ1n) is 4.98. The summed E-state index contributed by atoms with van der Waals surface area (Å²) < 4.78 is 0. The van der Waals surface area contributed by atoms with Crippen LogP contribution in [0.25, 0.3) is 0 Å². The van der Waals surface area contributed by atoms with Crippen molar-refractivity contribution in [1.29, 1.82) is 0 Å². The lowest BCUT2D eigenvalue weighted by atomic mass is 10.5. The summed E-state index contributed by atoms with van der Waals surface area (Å²) in [7, 11) is 0. The molecule has 0 amide bonds. The number of rotatable bonds is 8. The zero-order chi connectivity index (χ0) is 10.5. The van der Waals surface area contributed by atoms with E-state index in [4.69, 9.17) is 0 Å². The first kappa shape index (κ1) is 13.9. The van der Waals surface area contributed by atoms with Crippen LogP contribution in [-0.2, 0) is 0 Å². The molecule has 0 aliphatic rings. The fourth-order valence-electron chi connectivity index (χ4n) is 0.742. The van der Waals surface area contributed by atoms with E-state index in [-0.39, 0.29) is 0 Å². The van der Waals surface area contributed by atoms with Crippen LogP contribution in [0.5, 0.6) is 0 Å². The third-order valence-electron chi connectivity index (χ3n) is 1.50. The molecule has 0 saturated carbocycles. The molecule has 2 heteroatoms. The second-order valence-electron chi connectivity index (χ2n) is 2.71. The fraction of sp³-hybridized carbons (Fsp3) is 0.500. The van der Waals surface area contributed by atoms with Gasteiger partial charge in [-0.05, 0) is 31.4 Å². The van der Waals surface area contributed by atoms with Crippen LogP contribution in [0.3, 0.4) is 0 Å². The van der Waals surface area contributed by atoms with E-state index >= 15 is 0 Å². The average Bonchev–Trinajstić information content (AvgIpc) is 2.21. The van der Waals surface area contributed by atoms with Crippen molar-refractivity contribution in [3.8, 4) is 0 Å². The van der Waals surface area contributed by atoms with Crippen molar-refractivity contribution in [1.82, 2.24) is 0 Å². The first-order chi connectivity index (χ1) is 6.91. The van der Waals surface area contributed by atoms with Crippen molar-refractivity contribution in [3.63, 3.8) is 0 Å². The van der Waals surface area contributed by atoms with E-state index in [0.717, 1.165) is 11.5 Å². The molecule has 0 aromatic rings. The van der Waals surface area contributed by atoms with Crippen molar-refractivity contribution in [2.75, 3.05) is 17.3 Å². The molecule has 80 valence electrons. The van der Waals surface area contributed by atoms with Crippen LogP contribution in [0, 0.1) is 0 Å². The van der Waals surface area contributed by atoms with Crippen molar-refractivity contribution in [2.45, 2.75) is 20.3 Å². The highest BCUT2D eigenvalue weighted by molar-refractivity contribution is 8.02. The molecule has 0 nitrogen and oxygen atoms in total. The van der Waals surface area contributed by atoms with Crippen LogP contribution in [-0.4, -0.2) is 17.3 Å². The van der Waals surface area contributed by atoms with Gasteiger partial charge >= 0.3 is 0 Å². The van der Waals surface area contributed by atoms with Crippen molar-refractivity contribution < 1.29 is 0 Å². The number of hydrogen-bond acceptors (Lipinski definition) is 2. The van der Waals surface area contributed by atoms with Gasteiger partial charge in [0, 0.05) is 11.5 Å². The van der Waals surface area contributed by atoms with Crippen LogP contribution < -0.4 is 0 Å². The second kappa shape index (κ2) is 12.9. The predicted molar refractivity (Wildman–Crippen MR) is 73.2 cm³/mol. The lowest BCUT2D eigenvalue weighted by molar-refractivity contribution is 1.25. The van der Waals surface area contributed by atoms with E-state index in [0.29, 0.717) is 0 Å². The van der Waals surface area contributed by atoms with Gasteiger partial charge in [0.05, 0.1) is 0 Å². The quantitative estimate of drug-likeness (QED) is 0.443. The normalized spacial score (nSPS) is 12.4. The summed E-state index contributed by atoms with van der Waals surface area (Å²) in [6.07, 6.45) is 12.0. The number of thioether (sulfide) groups is 2. The Morgan fingerprint density at radius 1 is 0.929 bits per heavy atom. The summed E-state index contributed by atoms with van der Waals surface area (Å²) >= 11 is 3.84. The Bertz CT molecular complexity index is 181. The largest absolute Gasteiger partial charge is 0.158 e. The van der Waals surface area contributed by atoms with Crippen LogP contribution in [0.15, 0.2) is 35.8 Å². The van der Waals surface area contributed by atoms with Gasteiger partial charge in [0.15, 0.2) is 0 Å². The molecule has 0 spiro atoms. The summed E-state index contributed by atoms with van der Waals surface area (Å²) in [6.45, 7) is 4.13. The molecule has 0 fully saturated rings. The van der Waals surface area contributed by atoms with Gasteiger partial charge in [-0.1, -0.05) is 30.4 Å². The van der Waals surface area contributed by atoms with Gasteiger partial charge in [-0.25, -0.2) is 0 Å². The van der Waals surface area contributed by atoms with Crippen LogP contribution in [0.4, 0.5) is 0 Å². The standard InChI is InChI=1S/C12H20S2/c1-3-5-9-13-11-7-8-12-14-10-6-4-2/h3-7,11H,8-10,12H2,1-2H3/b5-3?,6-4?,11-7-. The molecule has 0 radical (unpaired) electrons. The topological polar surface area (TPSA) is 0 Å². The van der Waals surface area contributed by atoms with Crippen molar-refractivity contribution in [2.24, 2.45) is 0 Å². The summed E-state index contributed by atoms with van der Waals surface area (Å²) in [6, 6.07) is 0. The highest BCUT2D eigenvalue weighted by Gasteiger charge is 1.82. The zero-order valence-electron chi connectivity index (χ0n) is 9.11. The number of hydrogen-bond donors (Lipinski definition) is 0. The van der Waals surface area contributed by atoms with Crippen molar-refractivity contribution >= 4 is 23.5 Å². The Hall–Kier alpha value is -0.0800. The maximum atomic E-state index is 2.26. The molecular formula is C12H20S2. The molecule has 0 aromatic heterocycles. The van der Waals surface area contributed by atoms with Gasteiger partial charge < -0.3 is 0 Å². The Labute approximate surface area is 96.9 Å². The van der Waals surface area contributed by atoms with Crippen LogP contribution >= 0.6 is 23.5 Å². The second-order valence-corrected chi connectivity index (χ2v) is 4.80. The lowest BCUT2D eigenvalue weighted by Gasteiger charge is -1.92. The molecule has 0 saturated heterocycles. The van der Waals surface area contributed by atoms with E-state index in [1.165, 1.54) is 12.2 Å². The highest BCUT2D eigenvalue weighted by Crippen LogP contribution is 2.06. The molecule has 0 aliphatic carbocycles. The minimum atomic E-state index is 1.10. The molecule has 0 aromatic carbocycles. The minimum absolute atomic E-state index is 1.10. The maximum absolute atomic E-state index is 2.26. The Morgan fingerprint density at radius 2 is 1.64 bits per heavy atom. The monoisotopic (exact) mass is 228 g/mol. The molecule has 0 unspecified atom stereocenters. The molecule has 0 aliphatic heterocycles. The molecule has 0 heterocycles. The van der Waals surface area contributed by atoms with Gasteiger partial charge in [-0.2, -0.15) is 11.8 Å². The highest BCUT2D eigenvalue weighted by atomic mass is 32.2. The summed E-state index contributed by atoms with van der Waals surface area (Å²) in [5, 5.41) is 2.20. The molecule has 14 heavy (non-hydrogen) atoms. The fourth-order valence-corrected chi connectivity index (χ4v) is 2.23. The van der Waals surface area contributed by atoms with E-state index in [9.17, 15) is 0 Å². The summed E-state index contributed by atoms with van der Waals surface area (Å²) in [4.78, 5) is 0. The molecule has 0 bridgehead atoms.